The predicted molar refractivity (Wildman–Crippen MR) is 105 cm³/mol. The van der Waals surface area contributed by atoms with E-state index in [4.69, 9.17) is 16.3 Å². The Hall–Kier alpha value is -1.37. The van der Waals surface area contributed by atoms with Crippen molar-refractivity contribution in [2.45, 2.75) is 26.4 Å². The molecule has 5 nitrogen and oxygen atoms in total. The molecule has 1 aromatic rings. The van der Waals surface area contributed by atoms with Crippen LogP contribution in [0.15, 0.2) is 23.2 Å². The first-order valence-electron chi connectivity index (χ1n) is 9.20. The largest absolute Gasteiger partial charge is 0.374 e. The lowest BCUT2D eigenvalue weighted by atomic mass is 10.1. The zero-order chi connectivity index (χ0) is 18.9. The second-order valence-corrected chi connectivity index (χ2v) is 7.42. The third kappa shape index (κ3) is 7.09. The SMILES string of the molecule is CN=C(NCCc1ccc(F)cc1Cl)NCC1CN(CC(C)C)CCO1. The fourth-order valence-electron chi connectivity index (χ4n) is 3.06. The fourth-order valence-corrected chi connectivity index (χ4v) is 3.32. The van der Waals surface area contributed by atoms with Gasteiger partial charge in [0.2, 0.25) is 0 Å². The summed E-state index contributed by atoms with van der Waals surface area (Å²) in [6.07, 6.45) is 0.856. The third-order valence-corrected chi connectivity index (χ3v) is 4.62. The molecule has 0 spiro atoms. The highest BCUT2D eigenvalue weighted by molar-refractivity contribution is 6.31. The standard InChI is InChI=1S/C19H30ClFN4O/c1-14(2)12-25-8-9-26-17(13-25)11-24-19(22-3)23-7-6-15-4-5-16(21)10-18(15)20/h4-5,10,14,17H,6-9,11-13H2,1-3H3,(H2,22,23,24). The average Bonchev–Trinajstić information content (AvgIpc) is 2.59. The number of rotatable bonds is 7. The van der Waals surface area contributed by atoms with E-state index in [1.54, 1.807) is 13.1 Å². The molecule has 0 amide bonds. The van der Waals surface area contributed by atoms with Crippen molar-refractivity contribution >= 4 is 17.6 Å². The highest BCUT2D eigenvalue weighted by Crippen LogP contribution is 2.17. The maximum absolute atomic E-state index is 13.1. The smallest absolute Gasteiger partial charge is 0.191 e. The fraction of sp³-hybridized carbons (Fsp3) is 0.632. The maximum atomic E-state index is 13.1. The van der Waals surface area contributed by atoms with Crippen LogP contribution in [0.4, 0.5) is 4.39 Å². The summed E-state index contributed by atoms with van der Waals surface area (Å²) in [5.74, 6) is 1.07. The Balaban J connectivity index is 1.72. The Morgan fingerprint density at radius 1 is 1.42 bits per heavy atom. The van der Waals surface area contributed by atoms with Gasteiger partial charge in [0.05, 0.1) is 12.7 Å². The van der Waals surface area contributed by atoms with E-state index in [0.717, 1.165) is 37.8 Å². The number of nitrogens with zero attached hydrogens (tertiary/aromatic N) is 2. The number of benzene rings is 1. The first kappa shape index (κ1) is 20.9. The van der Waals surface area contributed by atoms with Crippen LogP contribution in [-0.4, -0.2) is 63.3 Å². The lowest BCUT2D eigenvalue weighted by Crippen LogP contribution is -2.50. The molecule has 0 saturated carbocycles. The Bertz CT molecular complexity index is 597. The second-order valence-electron chi connectivity index (χ2n) is 7.01. The van der Waals surface area contributed by atoms with E-state index in [1.807, 2.05) is 0 Å². The van der Waals surface area contributed by atoms with Crippen LogP contribution < -0.4 is 10.6 Å². The molecule has 2 N–H and O–H groups in total. The van der Waals surface area contributed by atoms with Gasteiger partial charge < -0.3 is 15.4 Å². The van der Waals surface area contributed by atoms with Crippen molar-refractivity contribution in [3.05, 3.63) is 34.6 Å². The molecule has 1 saturated heterocycles. The van der Waals surface area contributed by atoms with Crippen LogP contribution in [0.2, 0.25) is 5.02 Å². The Morgan fingerprint density at radius 3 is 2.92 bits per heavy atom. The lowest BCUT2D eigenvalue weighted by molar-refractivity contribution is -0.0284. The highest BCUT2D eigenvalue weighted by atomic mass is 35.5. The number of hydrogen-bond donors (Lipinski definition) is 2. The molecule has 0 radical (unpaired) electrons. The van der Waals surface area contributed by atoms with Gasteiger partial charge in [-0.05, 0) is 30.0 Å². The van der Waals surface area contributed by atoms with E-state index in [1.165, 1.54) is 12.1 Å². The molecule has 7 heteroatoms. The average molecular weight is 385 g/mol. The predicted octanol–water partition coefficient (Wildman–Crippen LogP) is 2.54. The lowest BCUT2D eigenvalue weighted by Gasteiger charge is -2.34. The normalized spacial score (nSPS) is 19.0. The van der Waals surface area contributed by atoms with Gasteiger partial charge in [-0.3, -0.25) is 9.89 Å². The molecular weight excluding hydrogens is 355 g/mol. The molecule has 1 atom stereocenters. The molecule has 1 unspecified atom stereocenters. The van der Waals surface area contributed by atoms with Gasteiger partial charge >= 0.3 is 0 Å². The van der Waals surface area contributed by atoms with E-state index in [2.05, 4.69) is 34.4 Å². The Kier molecular flexibility index (Phi) is 8.62. The van der Waals surface area contributed by atoms with Gasteiger partial charge in [-0.2, -0.15) is 0 Å². The molecule has 1 aromatic carbocycles. The van der Waals surface area contributed by atoms with Crippen LogP contribution in [0, 0.1) is 11.7 Å². The monoisotopic (exact) mass is 384 g/mol. The van der Waals surface area contributed by atoms with Gasteiger partial charge in [-0.15, -0.1) is 0 Å². The molecule has 146 valence electrons. The Morgan fingerprint density at radius 2 is 2.23 bits per heavy atom. The van der Waals surface area contributed by atoms with Crippen molar-refractivity contribution in [3.8, 4) is 0 Å². The molecule has 0 bridgehead atoms. The summed E-state index contributed by atoms with van der Waals surface area (Å²) in [5, 5.41) is 7.03. The van der Waals surface area contributed by atoms with Crippen molar-refractivity contribution in [2.75, 3.05) is 46.4 Å². The van der Waals surface area contributed by atoms with Crippen LogP contribution in [-0.2, 0) is 11.2 Å². The molecule has 1 aliphatic heterocycles. The number of aliphatic imine (C=N–C) groups is 1. The molecule has 26 heavy (non-hydrogen) atoms. The molecular formula is C19H30ClFN4O. The zero-order valence-electron chi connectivity index (χ0n) is 15.9. The molecule has 0 aliphatic carbocycles. The summed E-state index contributed by atoms with van der Waals surface area (Å²) in [5.41, 5.74) is 0.913. The maximum Gasteiger partial charge on any atom is 0.191 e. The number of hydrogen-bond acceptors (Lipinski definition) is 3. The van der Waals surface area contributed by atoms with Crippen LogP contribution in [0.25, 0.3) is 0 Å². The quantitative estimate of drug-likeness (QED) is 0.560. The molecule has 1 fully saturated rings. The summed E-state index contributed by atoms with van der Waals surface area (Å²) >= 11 is 6.06. The molecule has 2 rings (SSSR count). The van der Waals surface area contributed by atoms with Crippen molar-refractivity contribution < 1.29 is 9.13 Å². The van der Waals surface area contributed by atoms with Gasteiger partial charge in [0.25, 0.3) is 0 Å². The summed E-state index contributed by atoms with van der Waals surface area (Å²) in [6, 6.07) is 4.49. The van der Waals surface area contributed by atoms with E-state index >= 15 is 0 Å². The van der Waals surface area contributed by atoms with Crippen molar-refractivity contribution in [2.24, 2.45) is 10.9 Å². The molecule has 1 heterocycles. The second kappa shape index (κ2) is 10.7. The summed E-state index contributed by atoms with van der Waals surface area (Å²) in [7, 11) is 1.74. The zero-order valence-corrected chi connectivity index (χ0v) is 16.7. The van der Waals surface area contributed by atoms with Gasteiger partial charge in [-0.1, -0.05) is 31.5 Å². The highest BCUT2D eigenvalue weighted by Gasteiger charge is 2.21. The van der Waals surface area contributed by atoms with Crippen molar-refractivity contribution in [1.82, 2.24) is 15.5 Å². The minimum absolute atomic E-state index is 0.160. The number of nitrogens with one attached hydrogen (secondary N) is 2. The third-order valence-electron chi connectivity index (χ3n) is 4.27. The summed E-state index contributed by atoms with van der Waals surface area (Å²) < 4.78 is 18.9. The summed E-state index contributed by atoms with van der Waals surface area (Å²) in [4.78, 5) is 6.69. The van der Waals surface area contributed by atoms with Crippen LogP contribution >= 0.6 is 11.6 Å². The number of ether oxygens (including phenoxy) is 1. The van der Waals surface area contributed by atoms with E-state index in [9.17, 15) is 4.39 Å². The van der Waals surface area contributed by atoms with E-state index in [-0.39, 0.29) is 11.9 Å². The van der Waals surface area contributed by atoms with Crippen LogP contribution in [0.3, 0.4) is 0 Å². The van der Waals surface area contributed by atoms with Gasteiger partial charge in [-0.25, -0.2) is 4.39 Å². The number of halogens is 2. The van der Waals surface area contributed by atoms with Crippen LogP contribution in [0.5, 0.6) is 0 Å². The Labute approximate surface area is 161 Å². The van der Waals surface area contributed by atoms with Crippen molar-refractivity contribution in [3.63, 3.8) is 0 Å². The van der Waals surface area contributed by atoms with Gasteiger partial charge in [0, 0.05) is 44.8 Å². The topological polar surface area (TPSA) is 48.9 Å². The number of morpholine rings is 1. The molecule has 1 aliphatic rings. The van der Waals surface area contributed by atoms with Gasteiger partial charge in [0.1, 0.15) is 5.82 Å². The van der Waals surface area contributed by atoms with Crippen molar-refractivity contribution in [1.29, 1.82) is 0 Å². The van der Waals surface area contributed by atoms with Crippen LogP contribution in [0.1, 0.15) is 19.4 Å². The summed E-state index contributed by atoms with van der Waals surface area (Å²) in [6.45, 7) is 9.66. The van der Waals surface area contributed by atoms with E-state index < -0.39 is 0 Å². The minimum Gasteiger partial charge on any atom is -0.374 e. The first-order chi connectivity index (χ1) is 12.5. The molecule has 0 aromatic heterocycles. The first-order valence-corrected chi connectivity index (χ1v) is 9.58. The number of guanidine groups is 1. The minimum atomic E-state index is -0.317. The van der Waals surface area contributed by atoms with E-state index in [0.29, 0.717) is 30.5 Å². The van der Waals surface area contributed by atoms with Gasteiger partial charge in [0.15, 0.2) is 5.96 Å².